The third kappa shape index (κ3) is 3.54. The number of carboxylic acid groups (broad SMARTS) is 1. The van der Waals surface area contributed by atoms with Gasteiger partial charge in [-0.25, -0.2) is 8.42 Å². The zero-order chi connectivity index (χ0) is 21.5. The van der Waals surface area contributed by atoms with Gasteiger partial charge in [-0.05, 0) is 61.6 Å². The van der Waals surface area contributed by atoms with Crippen LogP contribution in [0.4, 0.5) is 0 Å². The number of carboxylic acids is 1. The molecule has 2 aromatic rings. The summed E-state index contributed by atoms with van der Waals surface area (Å²) in [4.78, 5) is 11.7. The van der Waals surface area contributed by atoms with Crippen molar-refractivity contribution in [3.8, 4) is 17.6 Å². The van der Waals surface area contributed by atoms with Crippen LogP contribution in [0.3, 0.4) is 0 Å². The number of carbonyl (C=O) groups is 1. The number of halogens is 1. The molecule has 2 fully saturated rings. The molecule has 2 aliphatic rings. The van der Waals surface area contributed by atoms with Crippen LogP contribution in [0.1, 0.15) is 31.2 Å². The van der Waals surface area contributed by atoms with Crippen molar-refractivity contribution in [2.75, 3.05) is 0 Å². The summed E-state index contributed by atoms with van der Waals surface area (Å²) in [5, 5.41) is 19.1. The van der Waals surface area contributed by atoms with E-state index in [2.05, 4.69) is 0 Å². The third-order valence-corrected chi connectivity index (χ3v) is 8.04. The third-order valence-electron chi connectivity index (χ3n) is 5.78. The van der Waals surface area contributed by atoms with Crippen LogP contribution in [0.25, 0.3) is 0 Å². The van der Waals surface area contributed by atoms with Crippen LogP contribution in [0.5, 0.6) is 11.5 Å². The van der Waals surface area contributed by atoms with Gasteiger partial charge in [0.2, 0.25) is 10.0 Å². The molecule has 1 saturated heterocycles. The fraction of sp³-hybridized carbons (Fsp3) is 0.333. The van der Waals surface area contributed by atoms with Gasteiger partial charge in [-0.2, -0.15) is 9.57 Å². The Hall–Kier alpha value is -2.60. The zero-order valence-electron chi connectivity index (χ0n) is 15.9. The normalized spacial score (nSPS) is 23.7. The molecular formula is C21H19ClN2O5S. The van der Waals surface area contributed by atoms with Crippen molar-refractivity contribution < 1.29 is 23.1 Å². The summed E-state index contributed by atoms with van der Waals surface area (Å²) in [7, 11) is -3.97. The van der Waals surface area contributed by atoms with E-state index in [1.165, 1.54) is 28.6 Å². The Morgan fingerprint density at radius 3 is 2.60 bits per heavy atom. The number of fused-ring (bicyclic) bond motifs is 1. The molecule has 0 aromatic heterocycles. The summed E-state index contributed by atoms with van der Waals surface area (Å²) >= 11 is 6.00. The van der Waals surface area contributed by atoms with Crippen LogP contribution in [0.2, 0.25) is 5.02 Å². The molecule has 4 rings (SSSR count). The van der Waals surface area contributed by atoms with Gasteiger partial charge >= 0.3 is 5.97 Å². The first-order valence-corrected chi connectivity index (χ1v) is 11.4. The molecule has 0 radical (unpaired) electrons. The molecular weight excluding hydrogens is 428 g/mol. The van der Waals surface area contributed by atoms with E-state index in [0.717, 1.165) is 12.8 Å². The molecule has 30 heavy (non-hydrogen) atoms. The fourth-order valence-electron chi connectivity index (χ4n) is 4.43. The van der Waals surface area contributed by atoms with Crippen LogP contribution in [0.15, 0.2) is 47.4 Å². The smallest absolute Gasteiger partial charge is 0.322 e. The minimum Gasteiger partial charge on any atom is -0.480 e. The van der Waals surface area contributed by atoms with E-state index in [9.17, 15) is 23.6 Å². The predicted octanol–water partition coefficient (Wildman–Crippen LogP) is 4.02. The maximum absolute atomic E-state index is 13.3. The van der Waals surface area contributed by atoms with Crippen LogP contribution in [-0.4, -0.2) is 35.9 Å². The van der Waals surface area contributed by atoms with Crippen molar-refractivity contribution in [1.29, 1.82) is 5.26 Å². The lowest BCUT2D eigenvalue weighted by Crippen LogP contribution is -2.44. The molecule has 1 N–H and O–H groups in total. The second-order valence-corrected chi connectivity index (χ2v) is 9.73. The molecule has 0 bridgehead atoms. The SMILES string of the molecule is N#Cc1c(Cl)cccc1Oc1ccc(S(=O)(=O)N2[C@@H](C(=O)O)C[C@H]3CCC[C@H]32)cc1. The van der Waals surface area contributed by atoms with Gasteiger partial charge in [0.1, 0.15) is 29.2 Å². The first kappa shape index (κ1) is 20.7. The quantitative estimate of drug-likeness (QED) is 0.743. The standard InChI is InChI=1S/C21H19ClN2O5S/c22-17-4-2-6-20(16(17)12-23)29-14-7-9-15(10-8-14)30(27,28)24-18-5-1-3-13(18)11-19(24)21(25)26/h2,4,6-10,13,18-19H,1,3,5,11H2,(H,25,26)/t13-,18-,19-/m1/s1. The van der Waals surface area contributed by atoms with Gasteiger partial charge in [0, 0.05) is 6.04 Å². The number of rotatable bonds is 5. The number of hydrogen-bond donors (Lipinski definition) is 1. The molecule has 1 aliphatic carbocycles. The lowest BCUT2D eigenvalue weighted by atomic mass is 10.0. The average Bonchev–Trinajstić information content (AvgIpc) is 3.30. The Labute approximate surface area is 179 Å². The summed E-state index contributed by atoms with van der Waals surface area (Å²) in [5.41, 5.74) is 0.185. The van der Waals surface area contributed by atoms with Gasteiger partial charge in [-0.3, -0.25) is 4.79 Å². The van der Waals surface area contributed by atoms with Crippen molar-refractivity contribution >= 4 is 27.6 Å². The Balaban J connectivity index is 1.61. The number of sulfonamides is 1. The number of aliphatic carboxylic acids is 1. The second kappa shape index (κ2) is 7.91. The number of ether oxygens (including phenoxy) is 1. The lowest BCUT2D eigenvalue weighted by Gasteiger charge is -2.26. The number of benzene rings is 2. The first-order chi connectivity index (χ1) is 14.3. The van der Waals surface area contributed by atoms with Crippen LogP contribution in [-0.2, 0) is 14.8 Å². The highest BCUT2D eigenvalue weighted by Gasteiger charge is 2.52. The van der Waals surface area contributed by atoms with E-state index in [1.54, 1.807) is 18.2 Å². The maximum atomic E-state index is 13.3. The van der Waals surface area contributed by atoms with Crippen molar-refractivity contribution in [3.63, 3.8) is 0 Å². The number of hydrogen-bond acceptors (Lipinski definition) is 5. The van der Waals surface area contributed by atoms with Crippen LogP contribution in [0, 0.1) is 17.2 Å². The lowest BCUT2D eigenvalue weighted by molar-refractivity contribution is -0.141. The highest BCUT2D eigenvalue weighted by Crippen LogP contribution is 2.44. The highest BCUT2D eigenvalue weighted by molar-refractivity contribution is 7.89. The molecule has 1 saturated carbocycles. The van der Waals surface area contributed by atoms with Crippen molar-refractivity contribution in [2.24, 2.45) is 5.92 Å². The highest BCUT2D eigenvalue weighted by atomic mass is 35.5. The Kier molecular flexibility index (Phi) is 5.45. The predicted molar refractivity (Wildman–Crippen MR) is 109 cm³/mol. The minimum absolute atomic E-state index is 0.0141. The Bertz CT molecular complexity index is 1130. The first-order valence-electron chi connectivity index (χ1n) is 9.56. The average molecular weight is 447 g/mol. The molecule has 0 spiro atoms. The summed E-state index contributed by atoms with van der Waals surface area (Å²) in [6, 6.07) is 11.2. The van der Waals surface area contributed by atoms with Gasteiger partial charge < -0.3 is 9.84 Å². The monoisotopic (exact) mass is 446 g/mol. The van der Waals surface area contributed by atoms with Gasteiger partial charge in [-0.15, -0.1) is 0 Å². The van der Waals surface area contributed by atoms with Crippen LogP contribution >= 0.6 is 11.6 Å². The molecule has 7 nitrogen and oxygen atoms in total. The molecule has 9 heteroatoms. The van der Waals surface area contributed by atoms with Gasteiger partial charge in [-0.1, -0.05) is 24.1 Å². The van der Waals surface area contributed by atoms with E-state index in [1.807, 2.05) is 6.07 Å². The maximum Gasteiger partial charge on any atom is 0.322 e. The number of nitriles is 1. The molecule has 3 atom stereocenters. The van der Waals surface area contributed by atoms with Crippen molar-refractivity contribution in [2.45, 2.75) is 42.7 Å². The Morgan fingerprint density at radius 2 is 1.93 bits per heavy atom. The summed E-state index contributed by atoms with van der Waals surface area (Å²) in [6.45, 7) is 0. The molecule has 1 heterocycles. The van der Waals surface area contributed by atoms with Crippen LogP contribution < -0.4 is 4.74 Å². The molecule has 1 aliphatic heterocycles. The van der Waals surface area contributed by atoms with E-state index in [-0.39, 0.29) is 33.2 Å². The topological polar surface area (TPSA) is 108 Å². The van der Waals surface area contributed by atoms with E-state index < -0.39 is 22.0 Å². The van der Waals surface area contributed by atoms with Crippen molar-refractivity contribution in [1.82, 2.24) is 4.31 Å². The molecule has 156 valence electrons. The minimum atomic E-state index is -3.97. The van der Waals surface area contributed by atoms with Gasteiger partial charge in [0.05, 0.1) is 9.92 Å². The van der Waals surface area contributed by atoms with E-state index >= 15 is 0 Å². The molecule has 2 aromatic carbocycles. The van der Waals surface area contributed by atoms with Gasteiger partial charge in [0.25, 0.3) is 0 Å². The largest absolute Gasteiger partial charge is 0.480 e. The zero-order valence-corrected chi connectivity index (χ0v) is 17.4. The van der Waals surface area contributed by atoms with Gasteiger partial charge in [0.15, 0.2) is 0 Å². The molecule has 0 unspecified atom stereocenters. The molecule has 0 amide bonds. The van der Waals surface area contributed by atoms with Crippen molar-refractivity contribution in [3.05, 3.63) is 53.1 Å². The summed E-state index contributed by atoms with van der Waals surface area (Å²) in [5.74, 6) is -0.420. The van der Waals surface area contributed by atoms with E-state index in [0.29, 0.717) is 18.6 Å². The second-order valence-electron chi connectivity index (χ2n) is 7.48. The van der Waals surface area contributed by atoms with E-state index in [4.69, 9.17) is 16.3 Å². The fourth-order valence-corrected chi connectivity index (χ4v) is 6.51. The Morgan fingerprint density at radius 1 is 1.20 bits per heavy atom. The summed E-state index contributed by atoms with van der Waals surface area (Å²) < 4.78 is 33.4. The number of nitrogens with zero attached hydrogens (tertiary/aromatic N) is 2. The summed E-state index contributed by atoms with van der Waals surface area (Å²) in [6.07, 6.45) is 2.79.